The molecule has 2 N–H and O–H groups in total. The summed E-state index contributed by atoms with van der Waals surface area (Å²) in [6.07, 6.45) is 3.61. The van der Waals surface area contributed by atoms with Gasteiger partial charge in [-0.15, -0.1) is 10.2 Å². The number of hydrogen-bond acceptors (Lipinski definition) is 6. The molecule has 1 amide bonds. The first-order valence-corrected chi connectivity index (χ1v) is 9.78. The van der Waals surface area contributed by atoms with Crippen LogP contribution in [0.5, 0.6) is 5.75 Å². The molecule has 9 heteroatoms. The Balaban J connectivity index is 1.99. The number of rotatable bonds is 7. The third kappa shape index (κ3) is 4.88. The average molecular weight is 432 g/mol. The summed E-state index contributed by atoms with van der Waals surface area (Å²) in [6, 6.07) is 7.16. The fourth-order valence-corrected chi connectivity index (χ4v) is 2.91. The molecule has 0 fully saturated rings. The lowest BCUT2D eigenvalue weighted by Crippen LogP contribution is -2.21. The minimum absolute atomic E-state index is 0.0342. The summed E-state index contributed by atoms with van der Waals surface area (Å²) in [5, 5.41) is 16.8. The zero-order valence-corrected chi connectivity index (χ0v) is 17.9. The van der Waals surface area contributed by atoms with Crippen molar-refractivity contribution in [3.63, 3.8) is 0 Å². The van der Waals surface area contributed by atoms with Crippen molar-refractivity contribution in [3.8, 4) is 16.9 Å². The second kappa shape index (κ2) is 9.13. The average Bonchev–Trinajstić information content (AvgIpc) is 3.18. The van der Waals surface area contributed by atoms with Gasteiger partial charge in [-0.05, 0) is 45.4 Å². The third-order valence-electron chi connectivity index (χ3n) is 4.17. The largest absolute Gasteiger partial charge is 0.489 e. The molecule has 0 bridgehead atoms. The summed E-state index contributed by atoms with van der Waals surface area (Å²) < 4.78 is 29.7. The molecule has 2 heterocycles. The Labute approximate surface area is 184 Å². The van der Waals surface area contributed by atoms with Gasteiger partial charge in [0.25, 0.3) is 5.91 Å². The molecule has 30 heavy (non-hydrogen) atoms. The molecule has 0 spiro atoms. The standard InChI is InChI=1S/C21H25ClN6O2/c1-12(2)28-11-15(10-24-28)14-6-7-16(18(8-14)30-13(3)4)25-17-9-19(22)26-27-20(17)21(29)23-5/h6-13H,1-5H3,(H,23,29)(H,25,26)/i5D3. The molecule has 0 unspecified atom stereocenters. The Kier molecular flexibility index (Phi) is 5.39. The molecule has 0 aliphatic heterocycles. The van der Waals surface area contributed by atoms with Gasteiger partial charge in [0.1, 0.15) is 5.75 Å². The first-order chi connectivity index (χ1) is 15.4. The third-order valence-corrected chi connectivity index (χ3v) is 4.35. The van der Waals surface area contributed by atoms with Gasteiger partial charge in [0.2, 0.25) is 0 Å². The number of nitrogens with one attached hydrogen (secondary N) is 2. The number of aromatic nitrogens is 4. The van der Waals surface area contributed by atoms with Crippen molar-refractivity contribution in [2.45, 2.75) is 39.8 Å². The van der Waals surface area contributed by atoms with Crippen LogP contribution in [0.2, 0.25) is 5.15 Å². The fraction of sp³-hybridized carbons (Fsp3) is 0.333. The highest BCUT2D eigenvalue weighted by Crippen LogP contribution is 2.34. The van der Waals surface area contributed by atoms with E-state index in [2.05, 4.69) is 20.6 Å². The summed E-state index contributed by atoms with van der Waals surface area (Å²) in [7, 11) is 0. The molecule has 1 aromatic carbocycles. The van der Waals surface area contributed by atoms with Crippen molar-refractivity contribution >= 4 is 28.9 Å². The molecule has 8 nitrogen and oxygen atoms in total. The highest BCUT2D eigenvalue weighted by Gasteiger charge is 2.17. The lowest BCUT2D eigenvalue weighted by Gasteiger charge is -2.17. The highest BCUT2D eigenvalue weighted by molar-refractivity contribution is 6.29. The molecule has 0 saturated carbocycles. The van der Waals surface area contributed by atoms with Crippen molar-refractivity contribution in [1.29, 1.82) is 0 Å². The number of nitrogens with zero attached hydrogens (tertiary/aromatic N) is 4. The van der Waals surface area contributed by atoms with Crippen molar-refractivity contribution < 1.29 is 13.6 Å². The maximum Gasteiger partial charge on any atom is 0.273 e. The topological polar surface area (TPSA) is 94.0 Å². The van der Waals surface area contributed by atoms with Gasteiger partial charge in [-0.1, -0.05) is 17.7 Å². The van der Waals surface area contributed by atoms with Gasteiger partial charge in [-0.2, -0.15) is 5.10 Å². The van der Waals surface area contributed by atoms with Crippen LogP contribution in [0, 0.1) is 0 Å². The Bertz CT molecular complexity index is 1150. The number of halogens is 1. The van der Waals surface area contributed by atoms with Crippen molar-refractivity contribution in [1.82, 2.24) is 25.3 Å². The van der Waals surface area contributed by atoms with Gasteiger partial charge in [0.05, 0.1) is 23.7 Å². The number of hydrogen-bond donors (Lipinski definition) is 2. The quantitative estimate of drug-likeness (QED) is 0.573. The summed E-state index contributed by atoms with van der Waals surface area (Å²) in [6.45, 7) is 5.21. The van der Waals surface area contributed by atoms with Gasteiger partial charge in [-0.3, -0.25) is 9.48 Å². The lowest BCUT2D eigenvalue weighted by atomic mass is 10.1. The van der Waals surface area contributed by atoms with Crippen LogP contribution in [-0.2, 0) is 0 Å². The van der Waals surface area contributed by atoms with E-state index < -0.39 is 12.9 Å². The molecular weight excluding hydrogens is 404 g/mol. The van der Waals surface area contributed by atoms with Crippen LogP contribution in [0.15, 0.2) is 36.7 Å². The van der Waals surface area contributed by atoms with Gasteiger partial charge >= 0.3 is 0 Å². The molecule has 3 aromatic rings. The maximum atomic E-state index is 12.4. The smallest absolute Gasteiger partial charge is 0.273 e. The van der Waals surface area contributed by atoms with Gasteiger partial charge < -0.3 is 15.4 Å². The first kappa shape index (κ1) is 17.7. The fourth-order valence-electron chi connectivity index (χ4n) is 2.76. The first-order valence-electron chi connectivity index (χ1n) is 10.9. The molecule has 0 aliphatic carbocycles. The van der Waals surface area contributed by atoms with Gasteiger partial charge in [0.15, 0.2) is 10.8 Å². The zero-order chi connectivity index (χ0) is 24.3. The number of carbonyl (C=O) groups is 1. The Morgan fingerprint density at radius 1 is 1.17 bits per heavy atom. The molecule has 0 radical (unpaired) electrons. The highest BCUT2D eigenvalue weighted by atomic mass is 35.5. The van der Waals surface area contributed by atoms with E-state index in [0.29, 0.717) is 11.4 Å². The van der Waals surface area contributed by atoms with Crippen LogP contribution in [-0.4, -0.2) is 39.0 Å². The molecule has 0 aliphatic rings. The Morgan fingerprint density at radius 3 is 2.63 bits per heavy atom. The van der Waals surface area contributed by atoms with Crippen LogP contribution in [0.1, 0.15) is 48.3 Å². The monoisotopic (exact) mass is 431 g/mol. The van der Waals surface area contributed by atoms with E-state index in [1.54, 1.807) is 12.3 Å². The van der Waals surface area contributed by atoms with E-state index in [1.165, 1.54) is 6.07 Å². The van der Waals surface area contributed by atoms with Crippen LogP contribution in [0.4, 0.5) is 11.4 Å². The number of anilines is 2. The zero-order valence-electron chi connectivity index (χ0n) is 20.1. The van der Waals surface area contributed by atoms with Crippen molar-refractivity contribution in [3.05, 3.63) is 47.5 Å². The van der Waals surface area contributed by atoms with E-state index in [1.807, 2.05) is 56.0 Å². The van der Waals surface area contributed by atoms with Gasteiger partial charge in [0, 0.05) is 35.0 Å². The summed E-state index contributed by atoms with van der Waals surface area (Å²) >= 11 is 5.98. The molecule has 0 atom stereocenters. The van der Waals surface area contributed by atoms with E-state index in [4.69, 9.17) is 20.5 Å². The summed E-state index contributed by atoms with van der Waals surface area (Å²) in [5.41, 5.74) is 2.33. The predicted molar refractivity (Wildman–Crippen MR) is 118 cm³/mol. The van der Waals surface area contributed by atoms with Crippen molar-refractivity contribution in [2.75, 3.05) is 12.3 Å². The normalized spacial score (nSPS) is 13.0. The summed E-state index contributed by atoms with van der Waals surface area (Å²) in [4.78, 5) is 12.4. The summed E-state index contributed by atoms with van der Waals surface area (Å²) in [5.74, 6) is -0.388. The lowest BCUT2D eigenvalue weighted by molar-refractivity contribution is 0.0958. The SMILES string of the molecule is [2H]C([2H])([2H])NC(=O)c1nnc(Cl)cc1Nc1ccc(-c2cnn(C(C)C)c2)cc1OC(C)C. The maximum absolute atomic E-state index is 12.4. The van der Waals surface area contributed by atoms with Crippen LogP contribution in [0.3, 0.4) is 0 Å². The van der Waals surface area contributed by atoms with Crippen LogP contribution in [0.25, 0.3) is 11.1 Å². The van der Waals surface area contributed by atoms with Crippen molar-refractivity contribution in [2.24, 2.45) is 0 Å². The number of amides is 1. The van der Waals surface area contributed by atoms with E-state index in [0.717, 1.165) is 11.1 Å². The number of benzene rings is 1. The molecular formula is C21H25ClN6O2. The van der Waals surface area contributed by atoms with E-state index >= 15 is 0 Å². The molecule has 158 valence electrons. The van der Waals surface area contributed by atoms with E-state index in [-0.39, 0.29) is 28.7 Å². The van der Waals surface area contributed by atoms with Gasteiger partial charge in [-0.25, -0.2) is 0 Å². The van der Waals surface area contributed by atoms with Crippen LogP contribution >= 0.6 is 11.6 Å². The Hall–Kier alpha value is -3.13. The molecule has 0 saturated heterocycles. The number of ether oxygens (including phenoxy) is 1. The minimum atomic E-state index is -2.68. The number of carbonyl (C=O) groups excluding carboxylic acids is 1. The minimum Gasteiger partial charge on any atom is -0.489 e. The second-order valence-corrected chi connectivity index (χ2v) is 7.58. The predicted octanol–water partition coefficient (Wildman–Crippen LogP) is 4.46. The Morgan fingerprint density at radius 2 is 1.97 bits per heavy atom. The van der Waals surface area contributed by atoms with Crippen LogP contribution < -0.4 is 15.4 Å². The molecule has 2 aromatic heterocycles. The molecule has 3 rings (SSSR count). The van der Waals surface area contributed by atoms with E-state index in [9.17, 15) is 4.79 Å². The second-order valence-electron chi connectivity index (χ2n) is 7.19.